The molecule has 1 rings (SSSR count). The van der Waals surface area contributed by atoms with Crippen molar-refractivity contribution in [3.8, 4) is 0 Å². The molecule has 0 saturated heterocycles. The zero-order chi connectivity index (χ0) is 14.8. The predicted octanol–water partition coefficient (Wildman–Crippen LogP) is 2.54. The summed E-state index contributed by atoms with van der Waals surface area (Å²) >= 11 is 0. The van der Waals surface area contributed by atoms with Crippen LogP contribution >= 0.6 is 0 Å². The summed E-state index contributed by atoms with van der Waals surface area (Å²) in [6.07, 6.45) is 0. The molecule has 0 aliphatic carbocycles. The van der Waals surface area contributed by atoms with Crippen LogP contribution in [0.4, 0.5) is 0 Å². The van der Waals surface area contributed by atoms with Gasteiger partial charge in [0.2, 0.25) is 0 Å². The van der Waals surface area contributed by atoms with Gasteiger partial charge in [-0.3, -0.25) is 4.99 Å². The lowest BCUT2D eigenvalue weighted by Crippen LogP contribution is -2.38. The molecule has 0 aliphatic heterocycles. The number of hydrogen-bond donors (Lipinski definition) is 2. The van der Waals surface area contributed by atoms with Gasteiger partial charge >= 0.3 is 0 Å². The Balaban J connectivity index is 2.40. The molecule has 1 aromatic rings. The van der Waals surface area contributed by atoms with Gasteiger partial charge in [-0.25, -0.2) is 0 Å². The first-order valence-corrected chi connectivity index (χ1v) is 7.25. The van der Waals surface area contributed by atoms with Gasteiger partial charge in [0.1, 0.15) is 0 Å². The Bertz CT molecular complexity index is 399. The third kappa shape index (κ3) is 6.57. The number of aliphatic imine (C=N–C) groups is 1. The van der Waals surface area contributed by atoms with Crippen LogP contribution in [0.1, 0.15) is 31.9 Å². The molecule has 0 bridgehead atoms. The molecular formula is C16H27N3O. The molecule has 0 amide bonds. The highest BCUT2D eigenvalue weighted by molar-refractivity contribution is 5.79. The fourth-order valence-electron chi connectivity index (χ4n) is 1.68. The van der Waals surface area contributed by atoms with Gasteiger partial charge in [-0.2, -0.15) is 0 Å². The van der Waals surface area contributed by atoms with Gasteiger partial charge in [-0.05, 0) is 24.0 Å². The normalized spacial score (nSPS) is 11.8. The van der Waals surface area contributed by atoms with Gasteiger partial charge < -0.3 is 15.4 Å². The number of rotatable bonds is 7. The van der Waals surface area contributed by atoms with Crippen LogP contribution in [0.2, 0.25) is 0 Å². The molecule has 1 aromatic carbocycles. The molecule has 0 unspecified atom stereocenters. The van der Waals surface area contributed by atoms with Crippen molar-refractivity contribution < 1.29 is 4.74 Å². The first-order chi connectivity index (χ1) is 9.65. The zero-order valence-corrected chi connectivity index (χ0v) is 13.1. The first kappa shape index (κ1) is 16.5. The summed E-state index contributed by atoms with van der Waals surface area (Å²) in [5.74, 6) is 1.45. The van der Waals surface area contributed by atoms with E-state index in [2.05, 4.69) is 53.7 Å². The summed E-state index contributed by atoms with van der Waals surface area (Å²) < 4.78 is 5.38. The van der Waals surface area contributed by atoms with E-state index in [1.54, 1.807) is 7.05 Å². The number of nitrogens with zero attached hydrogens (tertiary/aromatic N) is 1. The highest BCUT2D eigenvalue weighted by Crippen LogP contribution is 2.05. The molecule has 0 heterocycles. The quantitative estimate of drug-likeness (QED) is 0.595. The second-order valence-corrected chi connectivity index (χ2v) is 5.15. The van der Waals surface area contributed by atoms with E-state index in [0.29, 0.717) is 12.5 Å². The van der Waals surface area contributed by atoms with Crippen LogP contribution in [-0.4, -0.2) is 26.2 Å². The molecule has 20 heavy (non-hydrogen) atoms. The molecule has 0 aliphatic rings. The van der Waals surface area contributed by atoms with Gasteiger partial charge in [0.25, 0.3) is 0 Å². The van der Waals surface area contributed by atoms with Crippen molar-refractivity contribution in [2.45, 2.75) is 33.9 Å². The van der Waals surface area contributed by atoms with Gasteiger partial charge in [0.05, 0.1) is 6.61 Å². The standard InChI is InChI=1S/C16H27N3O/c1-5-20-12-15-8-6-14(7-9-15)11-19-16(17-4)18-10-13(2)3/h6-9,13H,5,10-12H2,1-4H3,(H2,17,18,19). The number of hydrogen-bond acceptors (Lipinski definition) is 2. The number of guanidine groups is 1. The average Bonchev–Trinajstić information content (AvgIpc) is 2.46. The van der Waals surface area contributed by atoms with Crippen molar-refractivity contribution in [3.05, 3.63) is 35.4 Å². The van der Waals surface area contributed by atoms with Crippen molar-refractivity contribution in [3.63, 3.8) is 0 Å². The lowest BCUT2D eigenvalue weighted by atomic mass is 10.1. The Labute approximate surface area is 122 Å². The van der Waals surface area contributed by atoms with Crippen molar-refractivity contribution in [2.75, 3.05) is 20.2 Å². The Morgan fingerprint density at radius 1 is 1.15 bits per heavy atom. The molecule has 4 heteroatoms. The van der Waals surface area contributed by atoms with Crippen molar-refractivity contribution in [2.24, 2.45) is 10.9 Å². The summed E-state index contributed by atoms with van der Waals surface area (Å²) in [4.78, 5) is 4.21. The maximum Gasteiger partial charge on any atom is 0.191 e. The smallest absolute Gasteiger partial charge is 0.191 e. The minimum Gasteiger partial charge on any atom is -0.377 e. The van der Waals surface area contributed by atoms with E-state index in [9.17, 15) is 0 Å². The van der Waals surface area contributed by atoms with Crippen LogP contribution in [-0.2, 0) is 17.9 Å². The Kier molecular flexibility index (Phi) is 7.73. The molecular weight excluding hydrogens is 250 g/mol. The molecule has 4 nitrogen and oxygen atoms in total. The highest BCUT2D eigenvalue weighted by atomic mass is 16.5. The van der Waals surface area contributed by atoms with E-state index in [-0.39, 0.29) is 0 Å². The van der Waals surface area contributed by atoms with E-state index in [4.69, 9.17) is 4.74 Å². The molecule has 0 radical (unpaired) electrons. The highest BCUT2D eigenvalue weighted by Gasteiger charge is 2.00. The fourth-order valence-corrected chi connectivity index (χ4v) is 1.68. The summed E-state index contributed by atoms with van der Waals surface area (Å²) in [5.41, 5.74) is 2.44. The van der Waals surface area contributed by atoms with Crippen molar-refractivity contribution in [1.29, 1.82) is 0 Å². The molecule has 2 N–H and O–H groups in total. The summed E-state index contributed by atoms with van der Waals surface area (Å²) in [5, 5.41) is 6.61. The Hall–Kier alpha value is -1.55. The Morgan fingerprint density at radius 3 is 2.35 bits per heavy atom. The van der Waals surface area contributed by atoms with E-state index in [0.717, 1.165) is 25.7 Å². The van der Waals surface area contributed by atoms with Crippen LogP contribution in [0.5, 0.6) is 0 Å². The van der Waals surface area contributed by atoms with Gasteiger partial charge in [0.15, 0.2) is 5.96 Å². The second-order valence-electron chi connectivity index (χ2n) is 5.15. The van der Waals surface area contributed by atoms with Crippen molar-refractivity contribution >= 4 is 5.96 Å². The lowest BCUT2D eigenvalue weighted by Gasteiger charge is -2.13. The van der Waals surface area contributed by atoms with Crippen LogP contribution in [0, 0.1) is 5.92 Å². The van der Waals surface area contributed by atoms with E-state index in [1.165, 1.54) is 11.1 Å². The van der Waals surface area contributed by atoms with Gasteiger partial charge in [0, 0.05) is 26.7 Å². The lowest BCUT2D eigenvalue weighted by molar-refractivity contribution is 0.134. The molecule has 0 aromatic heterocycles. The minimum absolute atomic E-state index is 0.603. The maximum atomic E-state index is 5.38. The third-order valence-corrected chi connectivity index (χ3v) is 2.86. The molecule has 0 saturated carbocycles. The average molecular weight is 277 g/mol. The predicted molar refractivity (Wildman–Crippen MR) is 84.8 cm³/mol. The van der Waals surface area contributed by atoms with Crippen LogP contribution in [0.25, 0.3) is 0 Å². The van der Waals surface area contributed by atoms with Gasteiger partial charge in [-0.1, -0.05) is 38.1 Å². The molecule has 0 atom stereocenters. The summed E-state index contributed by atoms with van der Waals surface area (Å²) in [7, 11) is 1.79. The van der Waals surface area contributed by atoms with E-state index in [1.807, 2.05) is 6.92 Å². The fraction of sp³-hybridized carbons (Fsp3) is 0.562. The van der Waals surface area contributed by atoms with Gasteiger partial charge in [-0.15, -0.1) is 0 Å². The number of benzene rings is 1. The largest absolute Gasteiger partial charge is 0.377 e. The SMILES string of the molecule is CCOCc1ccc(CNC(=NC)NCC(C)C)cc1. The monoisotopic (exact) mass is 277 g/mol. The van der Waals surface area contributed by atoms with Crippen LogP contribution < -0.4 is 10.6 Å². The first-order valence-electron chi connectivity index (χ1n) is 7.25. The molecule has 0 fully saturated rings. The summed E-state index contributed by atoms with van der Waals surface area (Å²) in [6, 6.07) is 8.46. The topological polar surface area (TPSA) is 45.6 Å². The third-order valence-electron chi connectivity index (χ3n) is 2.86. The van der Waals surface area contributed by atoms with Crippen LogP contribution in [0.15, 0.2) is 29.3 Å². The van der Waals surface area contributed by atoms with E-state index < -0.39 is 0 Å². The Morgan fingerprint density at radius 2 is 1.80 bits per heavy atom. The van der Waals surface area contributed by atoms with Crippen molar-refractivity contribution in [1.82, 2.24) is 10.6 Å². The minimum atomic E-state index is 0.603. The molecule has 112 valence electrons. The van der Waals surface area contributed by atoms with Crippen LogP contribution in [0.3, 0.4) is 0 Å². The number of nitrogens with one attached hydrogen (secondary N) is 2. The maximum absolute atomic E-state index is 5.38. The second kappa shape index (κ2) is 9.37. The van der Waals surface area contributed by atoms with E-state index >= 15 is 0 Å². The molecule has 0 spiro atoms. The summed E-state index contributed by atoms with van der Waals surface area (Å²) in [6.45, 7) is 9.49. The zero-order valence-electron chi connectivity index (χ0n) is 13.1. The number of ether oxygens (including phenoxy) is 1.